The number of piperazine rings is 1. The predicted molar refractivity (Wildman–Crippen MR) is 106 cm³/mol. The first-order valence-electron chi connectivity index (χ1n) is 9.56. The number of anilines is 1. The summed E-state index contributed by atoms with van der Waals surface area (Å²) in [6, 6.07) is 0.478. The summed E-state index contributed by atoms with van der Waals surface area (Å²) in [4.78, 5) is 16.2. The van der Waals surface area contributed by atoms with Crippen LogP contribution in [0.1, 0.15) is 19.7 Å². The zero-order valence-electron chi connectivity index (χ0n) is 16.1. The average Bonchev–Trinajstić information content (AvgIpc) is 3.19. The zero-order chi connectivity index (χ0) is 18.4. The Labute approximate surface area is 160 Å². The molecule has 0 saturated carbocycles. The molecule has 9 heteroatoms. The van der Waals surface area contributed by atoms with Crippen LogP contribution in [0.5, 0.6) is 0 Å². The monoisotopic (exact) mass is 381 g/mol. The van der Waals surface area contributed by atoms with Gasteiger partial charge in [0, 0.05) is 76.9 Å². The van der Waals surface area contributed by atoms with Gasteiger partial charge in [-0.15, -0.1) is 0 Å². The third-order valence-corrected chi connectivity index (χ3v) is 5.87. The first kappa shape index (κ1) is 19.3. The number of aromatic nitrogens is 2. The zero-order valence-corrected chi connectivity index (χ0v) is 17.0. The van der Waals surface area contributed by atoms with Crippen molar-refractivity contribution < 1.29 is 4.74 Å². The summed E-state index contributed by atoms with van der Waals surface area (Å²) < 4.78 is 9.84. The number of morpholine rings is 1. The standard InChI is InChI=1S/C17H31N7OS/c1-4-15-20-17(26-21-15)24-7-5-23(6-8-24)16(18-3)19-13-14(2)22-9-11-25-12-10-22/h14H,4-13H2,1-3H3,(H,18,19). The summed E-state index contributed by atoms with van der Waals surface area (Å²) in [6.07, 6.45) is 0.897. The van der Waals surface area contributed by atoms with Crippen molar-refractivity contribution in [1.29, 1.82) is 0 Å². The van der Waals surface area contributed by atoms with Crippen LogP contribution in [-0.2, 0) is 11.2 Å². The summed E-state index contributed by atoms with van der Waals surface area (Å²) in [5, 5.41) is 4.60. The largest absolute Gasteiger partial charge is 0.379 e. The van der Waals surface area contributed by atoms with Crippen LogP contribution in [0.2, 0.25) is 0 Å². The van der Waals surface area contributed by atoms with Crippen LogP contribution in [0.15, 0.2) is 4.99 Å². The van der Waals surface area contributed by atoms with Gasteiger partial charge in [0.1, 0.15) is 5.82 Å². The van der Waals surface area contributed by atoms with Crippen LogP contribution < -0.4 is 10.2 Å². The van der Waals surface area contributed by atoms with Crippen molar-refractivity contribution in [2.75, 3.05) is 71.0 Å². The van der Waals surface area contributed by atoms with Gasteiger partial charge < -0.3 is 19.9 Å². The molecule has 2 aliphatic heterocycles. The highest BCUT2D eigenvalue weighted by molar-refractivity contribution is 7.09. The summed E-state index contributed by atoms with van der Waals surface area (Å²) >= 11 is 1.51. The van der Waals surface area contributed by atoms with E-state index in [0.29, 0.717) is 6.04 Å². The topological polar surface area (TPSA) is 69.1 Å². The fourth-order valence-electron chi connectivity index (χ4n) is 3.34. The minimum atomic E-state index is 0.478. The second-order valence-electron chi connectivity index (χ2n) is 6.75. The minimum Gasteiger partial charge on any atom is -0.379 e. The van der Waals surface area contributed by atoms with E-state index in [9.17, 15) is 0 Å². The summed E-state index contributed by atoms with van der Waals surface area (Å²) in [6.45, 7) is 12.8. The molecule has 0 aliphatic carbocycles. The normalized spacial score (nSPS) is 21.1. The quantitative estimate of drug-likeness (QED) is 0.589. The first-order valence-corrected chi connectivity index (χ1v) is 10.3. The Bertz CT molecular complexity index is 579. The van der Waals surface area contributed by atoms with Gasteiger partial charge in [0.15, 0.2) is 5.96 Å². The van der Waals surface area contributed by atoms with Gasteiger partial charge >= 0.3 is 0 Å². The van der Waals surface area contributed by atoms with E-state index >= 15 is 0 Å². The summed E-state index contributed by atoms with van der Waals surface area (Å²) in [7, 11) is 1.87. The third-order valence-electron chi connectivity index (χ3n) is 5.06. The highest BCUT2D eigenvalue weighted by atomic mass is 32.1. The van der Waals surface area contributed by atoms with Crippen LogP contribution in [0.3, 0.4) is 0 Å². The van der Waals surface area contributed by atoms with Gasteiger partial charge in [-0.3, -0.25) is 9.89 Å². The molecule has 1 N–H and O–H groups in total. The first-order chi connectivity index (χ1) is 12.7. The lowest BCUT2D eigenvalue weighted by atomic mass is 10.2. The lowest BCUT2D eigenvalue weighted by Gasteiger charge is -2.37. The van der Waals surface area contributed by atoms with Gasteiger partial charge in [-0.25, -0.2) is 4.98 Å². The molecule has 146 valence electrons. The predicted octanol–water partition coefficient (Wildman–Crippen LogP) is 0.519. The maximum atomic E-state index is 5.44. The average molecular weight is 382 g/mol. The van der Waals surface area contributed by atoms with Gasteiger partial charge in [0.25, 0.3) is 0 Å². The van der Waals surface area contributed by atoms with Crippen molar-refractivity contribution in [3.8, 4) is 0 Å². The van der Waals surface area contributed by atoms with Gasteiger partial charge in [0.05, 0.1) is 13.2 Å². The molecule has 0 aromatic carbocycles. The van der Waals surface area contributed by atoms with E-state index in [2.05, 4.69) is 48.2 Å². The van der Waals surface area contributed by atoms with Crippen LogP contribution in [-0.4, -0.2) is 97.2 Å². The molecule has 8 nitrogen and oxygen atoms in total. The number of aryl methyl sites for hydroxylation is 1. The van der Waals surface area contributed by atoms with Crippen molar-refractivity contribution in [3.63, 3.8) is 0 Å². The smallest absolute Gasteiger partial charge is 0.205 e. The number of nitrogens with one attached hydrogen (secondary N) is 1. The molecular formula is C17H31N7OS. The molecule has 0 spiro atoms. The number of guanidine groups is 1. The van der Waals surface area contributed by atoms with E-state index in [1.54, 1.807) is 0 Å². The Morgan fingerprint density at radius 1 is 1.23 bits per heavy atom. The van der Waals surface area contributed by atoms with Gasteiger partial charge in [0.2, 0.25) is 5.13 Å². The molecule has 2 aliphatic rings. The van der Waals surface area contributed by atoms with Gasteiger partial charge in [-0.1, -0.05) is 6.92 Å². The molecule has 0 bridgehead atoms. The Morgan fingerprint density at radius 2 is 1.96 bits per heavy atom. The molecule has 1 aromatic rings. The van der Waals surface area contributed by atoms with Crippen molar-refractivity contribution >= 4 is 22.6 Å². The fourth-order valence-corrected chi connectivity index (χ4v) is 4.15. The molecule has 1 aromatic heterocycles. The van der Waals surface area contributed by atoms with E-state index in [0.717, 1.165) is 82.4 Å². The Morgan fingerprint density at radius 3 is 2.58 bits per heavy atom. The molecule has 3 heterocycles. The van der Waals surface area contributed by atoms with Crippen LogP contribution in [0, 0.1) is 0 Å². The number of aliphatic imine (C=N–C) groups is 1. The minimum absolute atomic E-state index is 0.478. The lowest BCUT2D eigenvalue weighted by molar-refractivity contribution is 0.0210. The summed E-state index contributed by atoms with van der Waals surface area (Å²) in [5.41, 5.74) is 0. The Balaban J connectivity index is 1.45. The van der Waals surface area contributed by atoms with E-state index in [1.807, 2.05) is 7.05 Å². The number of hydrogen-bond acceptors (Lipinski definition) is 7. The molecule has 1 unspecified atom stereocenters. The van der Waals surface area contributed by atoms with E-state index in [1.165, 1.54) is 11.5 Å². The molecule has 2 saturated heterocycles. The lowest BCUT2D eigenvalue weighted by Crippen LogP contribution is -2.54. The van der Waals surface area contributed by atoms with E-state index in [4.69, 9.17) is 4.74 Å². The second-order valence-corrected chi connectivity index (χ2v) is 7.48. The number of nitrogens with zero attached hydrogens (tertiary/aromatic N) is 6. The molecule has 3 rings (SSSR count). The fraction of sp³-hybridized carbons (Fsp3) is 0.824. The third kappa shape index (κ3) is 4.83. The molecule has 0 amide bonds. The molecule has 0 radical (unpaired) electrons. The Kier molecular flexibility index (Phi) is 7.04. The highest BCUT2D eigenvalue weighted by Gasteiger charge is 2.23. The van der Waals surface area contributed by atoms with E-state index in [-0.39, 0.29) is 0 Å². The molecular weight excluding hydrogens is 350 g/mol. The van der Waals surface area contributed by atoms with Crippen molar-refractivity contribution in [1.82, 2.24) is 24.5 Å². The highest BCUT2D eigenvalue weighted by Crippen LogP contribution is 2.19. The van der Waals surface area contributed by atoms with Crippen LogP contribution in [0.4, 0.5) is 5.13 Å². The van der Waals surface area contributed by atoms with Crippen molar-refractivity contribution in [2.45, 2.75) is 26.3 Å². The number of ether oxygens (including phenoxy) is 1. The van der Waals surface area contributed by atoms with E-state index < -0.39 is 0 Å². The van der Waals surface area contributed by atoms with Gasteiger partial charge in [-0.05, 0) is 6.92 Å². The maximum Gasteiger partial charge on any atom is 0.205 e. The number of rotatable bonds is 5. The molecule has 26 heavy (non-hydrogen) atoms. The summed E-state index contributed by atoms with van der Waals surface area (Å²) in [5.74, 6) is 1.94. The SMILES string of the molecule is CCc1nsc(N2CCN(C(=NC)NCC(C)N3CCOCC3)CC2)n1. The molecule has 1 atom stereocenters. The maximum absolute atomic E-state index is 5.44. The van der Waals surface area contributed by atoms with Crippen LogP contribution >= 0.6 is 11.5 Å². The van der Waals surface area contributed by atoms with Crippen LogP contribution in [0.25, 0.3) is 0 Å². The Hall–Kier alpha value is -1.45. The van der Waals surface area contributed by atoms with Crippen molar-refractivity contribution in [2.24, 2.45) is 4.99 Å². The molecule has 2 fully saturated rings. The van der Waals surface area contributed by atoms with Crippen molar-refractivity contribution in [3.05, 3.63) is 5.82 Å². The number of hydrogen-bond donors (Lipinski definition) is 1. The second kappa shape index (κ2) is 9.48. The van der Waals surface area contributed by atoms with Gasteiger partial charge in [-0.2, -0.15) is 4.37 Å².